The molecule has 2 rings (SSSR count). The van der Waals surface area contributed by atoms with Crippen molar-refractivity contribution in [1.29, 1.82) is 0 Å². The first kappa shape index (κ1) is 23.3. The number of benzene rings is 2. The molecule has 7 heteroatoms. The molecule has 0 spiro atoms. The van der Waals surface area contributed by atoms with Crippen molar-refractivity contribution in [2.24, 2.45) is 0 Å². The van der Waals surface area contributed by atoms with Crippen molar-refractivity contribution in [2.45, 2.75) is 39.0 Å². The van der Waals surface area contributed by atoms with E-state index >= 15 is 0 Å². The molecule has 0 aliphatic carbocycles. The number of nitrogens with one attached hydrogen (secondary N) is 1. The zero-order valence-corrected chi connectivity index (χ0v) is 19.1. The molecule has 1 N–H and O–H groups in total. The lowest BCUT2D eigenvalue weighted by Crippen LogP contribution is -2.49. The lowest BCUT2D eigenvalue weighted by atomic mass is 10.1. The van der Waals surface area contributed by atoms with E-state index in [9.17, 15) is 13.2 Å². The summed E-state index contributed by atoms with van der Waals surface area (Å²) in [6, 6.07) is 14.9. The monoisotopic (exact) mass is 434 g/mol. The third-order valence-corrected chi connectivity index (χ3v) is 6.94. The Bertz CT molecular complexity index is 915. The van der Waals surface area contributed by atoms with E-state index in [1.165, 1.54) is 9.87 Å². The highest BCUT2D eigenvalue weighted by Gasteiger charge is 2.31. The Balaban J connectivity index is 2.01. The van der Waals surface area contributed by atoms with Gasteiger partial charge in [0, 0.05) is 18.1 Å². The predicted molar refractivity (Wildman–Crippen MR) is 123 cm³/mol. The van der Waals surface area contributed by atoms with E-state index in [4.69, 9.17) is 0 Å². The van der Waals surface area contributed by atoms with Crippen LogP contribution in [0.5, 0.6) is 0 Å². The molecule has 0 aliphatic rings. The highest BCUT2D eigenvalue weighted by molar-refractivity contribution is 7.98. The van der Waals surface area contributed by atoms with Gasteiger partial charge in [0.15, 0.2) is 0 Å². The predicted octanol–water partition coefficient (Wildman–Crippen LogP) is 3.90. The largest absolute Gasteiger partial charge is 0.353 e. The second-order valence-electron chi connectivity index (χ2n) is 7.08. The Morgan fingerprint density at radius 3 is 2.38 bits per heavy atom. The first-order valence-corrected chi connectivity index (χ1v) is 12.7. The van der Waals surface area contributed by atoms with Crippen molar-refractivity contribution >= 4 is 33.4 Å². The van der Waals surface area contributed by atoms with Crippen LogP contribution >= 0.6 is 11.8 Å². The van der Waals surface area contributed by atoms with E-state index in [2.05, 4.69) is 17.4 Å². The number of hydrogen-bond acceptors (Lipinski definition) is 4. The Labute approximate surface area is 178 Å². The first-order valence-electron chi connectivity index (χ1n) is 9.70. The molecule has 0 saturated heterocycles. The van der Waals surface area contributed by atoms with E-state index in [0.29, 0.717) is 18.7 Å². The minimum atomic E-state index is -3.61. The Hall–Kier alpha value is -1.99. The minimum Gasteiger partial charge on any atom is -0.353 e. The third kappa shape index (κ3) is 6.78. The van der Waals surface area contributed by atoms with Crippen molar-refractivity contribution in [1.82, 2.24) is 5.32 Å². The third-order valence-electron chi connectivity index (χ3n) is 4.73. The maximum atomic E-state index is 12.8. The number of anilines is 1. The van der Waals surface area contributed by atoms with Crippen LogP contribution in [0.2, 0.25) is 0 Å². The Kier molecular flexibility index (Phi) is 8.59. The molecule has 1 amide bonds. The van der Waals surface area contributed by atoms with Gasteiger partial charge >= 0.3 is 0 Å². The number of carbonyl (C=O) groups excluding carboxylic acids is 1. The molecule has 1 atom stereocenters. The second kappa shape index (κ2) is 10.7. The smallest absolute Gasteiger partial charge is 0.243 e. The number of amides is 1. The maximum Gasteiger partial charge on any atom is 0.243 e. The van der Waals surface area contributed by atoms with Gasteiger partial charge in [-0.25, -0.2) is 8.42 Å². The molecule has 0 bridgehead atoms. The summed E-state index contributed by atoms with van der Waals surface area (Å²) >= 11 is 1.73. The van der Waals surface area contributed by atoms with Crippen LogP contribution in [0.25, 0.3) is 0 Å². The number of sulfonamides is 1. The van der Waals surface area contributed by atoms with Gasteiger partial charge in [-0.3, -0.25) is 9.10 Å². The van der Waals surface area contributed by atoms with Crippen molar-refractivity contribution in [3.63, 3.8) is 0 Å². The van der Waals surface area contributed by atoms with Crippen LogP contribution in [0, 0.1) is 13.8 Å². The number of carbonyl (C=O) groups is 1. The fourth-order valence-corrected chi connectivity index (χ4v) is 5.07. The lowest BCUT2D eigenvalue weighted by Gasteiger charge is -2.30. The minimum absolute atomic E-state index is 0.267. The molecule has 29 heavy (non-hydrogen) atoms. The van der Waals surface area contributed by atoms with Gasteiger partial charge < -0.3 is 5.32 Å². The van der Waals surface area contributed by atoms with Gasteiger partial charge in [0.1, 0.15) is 6.04 Å². The molecular formula is C22H30N2O3S2. The van der Waals surface area contributed by atoms with E-state index in [1.54, 1.807) is 17.8 Å². The summed E-state index contributed by atoms with van der Waals surface area (Å²) in [7, 11) is -3.61. The molecule has 0 aliphatic heterocycles. The van der Waals surface area contributed by atoms with Gasteiger partial charge in [0.2, 0.25) is 15.9 Å². The number of rotatable bonds is 10. The molecule has 2 aromatic rings. The average molecular weight is 435 g/mol. The molecule has 0 fully saturated rings. The summed E-state index contributed by atoms with van der Waals surface area (Å²) in [5, 5.41) is 2.90. The van der Waals surface area contributed by atoms with Crippen LogP contribution in [0.4, 0.5) is 5.69 Å². The number of nitrogens with zero attached hydrogens (tertiary/aromatic N) is 1. The topological polar surface area (TPSA) is 66.5 Å². The molecular weight excluding hydrogens is 404 g/mol. The molecule has 0 heterocycles. The highest BCUT2D eigenvalue weighted by atomic mass is 32.2. The zero-order chi connectivity index (χ0) is 21.4. The van der Waals surface area contributed by atoms with E-state index in [-0.39, 0.29) is 5.91 Å². The SMILES string of the molecule is CC[C@@H](C(=O)NCCSCc1ccccc1)N(c1ccc(C)c(C)c1)S(C)(=O)=O. The Morgan fingerprint density at radius 2 is 1.79 bits per heavy atom. The maximum absolute atomic E-state index is 12.8. The molecule has 2 aromatic carbocycles. The van der Waals surface area contributed by atoms with Crippen molar-refractivity contribution < 1.29 is 13.2 Å². The van der Waals surface area contributed by atoms with E-state index < -0.39 is 16.1 Å². The number of hydrogen-bond donors (Lipinski definition) is 1. The fourth-order valence-electron chi connectivity index (χ4n) is 3.05. The summed E-state index contributed by atoms with van der Waals surface area (Å²) < 4.78 is 26.3. The summed E-state index contributed by atoms with van der Waals surface area (Å²) in [4.78, 5) is 12.8. The summed E-state index contributed by atoms with van der Waals surface area (Å²) in [5.41, 5.74) is 3.84. The quantitative estimate of drug-likeness (QED) is 0.576. The second-order valence-corrected chi connectivity index (χ2v) is 10.0. The molecule has 158 valence electrons. The van der Waals surface area contributed by atoms with Gasteiger partial charge in [-0.05, 0) is 49.1 Å². The van der Waals surface area contributed by atoms with Crippen molar-refractivity contribution in [3.8, 4) is 0 Å². The fraction of sp³-hybridized carbons (Fsp3) is 0.409. The standard InChI is InChI=1S/C22H30N2O3S2/c1-5-21(22(25)23-13-14-28-16-19-9-7-6-8-10-19)24(29(4,26)27)20-12-11-17(2)18(3)15-20/h6-12,15,21H,5,13-14,16H2,1-4H3,(H,23,25)/t21-/m0/s1. The van der Waals surface area contributed by atoms with Crippen LogP contribution < -0.4 is 9.62 Å². The number of thioether (sulfide) groups is 1. The van der Waals surface area contributed by atoms with Crippen LogP contribution in [-0.2, 0) is 20.6 Å². The lowest BCUT2D eigenvalue weighted by molar-refractivity contribution is -0.122. The summed E-state index contributed by atoms with van der Waals surface area (Å²) in [6.45, 7) is 6.23. The summed E-state index contributed by atoms with van der Waals surface area (Å²) in [6.07, 6.45) is 1.54. The van der Waals surface area contributed by atoms with Crippen LogP contribution in [-0.4, -0.2) is 38.9 Å². The van der Waals surface area contributed by atoms with Crippen LogP contribution in [0.3, 0.4) is 0 Å². The number of aryl methyl sites for hydroxylation is 2. The molecule has 5 nitrogen and oxygen atoms in total. The van der Waals surface area contributed by atoms with Gasteiger partial charge in [0.25, 0.3) is 0 Å². The van der Waals surface area contributed by atoms with Crippen LogP contribution in [0.15, 0.2) is 48.5 Å². The molecule has 0 unspecified atom stereocenters. The van der Waals surface area contributed by atoms with E-state index in [0.717, 1.165) is 28.9 Å². The van der Waals surface area contributed by atoms with Gasteiger partial charge in [0.05, 0.1) is 11.9 Å². The normalized spacial score (nSPS) is 12.4. The van der Waals surface area contributed by atoms with Crippen molar-refractivity contribution in [3.05, 3.63) is 65.2 Å². The van der Waals surface area contributed by atoms with Gasteiger partial charge in [-0.1, -0.05) is 43.3 Å². The molecule has 0 aromatic heterocycles. The highest BCUT2D eigenvalue weighted by Crippen LogP contribution is 2.25. The van der Waals surface area contributed by atoms with Gasteiger partial charge in [-0.2, -0.15) is 11.8 Å². The van der Waals surface area contributed by atoms with Crippen molar-refractivity contribution in [2.75, 3.05) is 22.9 Å². The summed E-state index contributed by atoms with van der Waals surface area (Å²) in [5.74, 6) is 1.38. The zero-order valence-electron chi connectivity index (χ0n) is 17.5. The van der Waals surface area contributed by atoms with E-state index in [1.807, 2.05) is 51.1 Å². The van der Waals surface area contributed by atoms with Gasteiger partial charge in [-0.15, -0.1) is 0 Å². The average Bonchev–Trinajstić information content (AvgIpc) is 2.67. The molecule has 0 radical (unpaired) electrons. The van der Waals surface area contributed by atoms with Crippen LogP contribution in [0.1, 0.15) is 30.0 Å². The Morgan fingerprint density at radius 1 is 1.10 bits per heavy atom. The first-order chi connectivity index (χ1) is 13.7. The molecule has 0 saturated carbocycles.